The molecule has 2 rings (SSSR count). The lowest BCUT2D eigenvalue weighted by Gasteiger charge is -2.29. The Labute approximate surface area is 131 Å². The molecule has 0 saturated heterocycles. The summed E-state index contributed by atoms with van der Waals surface area (Å²) in [6.07, 6.45) is 2.77. The van der Waals surface area contributed by atoms with Crippen molar-refractivity contribution in [3.8, 4) is 0 Å². The Hall–Kier alpha value is -0.910. The molecule has 0 radical (unpaired) electrons. The first kappa shape index (κ1) is 16.5. The highest BCUT2D eigenvalue weighted by Crippen LogP contribution is 2.24. The number of aliphatic hydroxyl groups is 1. The van der Waals surface area contributed by atoms with Crippen LogP contribution in [0.15, 0.2) is 11.4 Å². The van der Waals surface area contributed by atoms with E-state index in [9.17, 15) is 4.79 Å². The van der Waals surface area contributed by atoms with Crippen LogP contribution in [0.4, 0.5) is 0 Å². The molecule has 1 aromatic heterocycles. The van der Waals surface area contributed by atoms with E-state index in [1.165, 1.54) is 10.4 Å². The van der Waals surface area contributed by atoms with E-state index in [0.29, 0.717) is 6.54 Å². The van der Waals surface area contributed by atoms with Crippen LogP contribution in [0.3, 0.4) is 0 Å². The molecule has 2 N–H and O–H groups in total. The average molecular weight is 310 g/mol. The van der Waals surface area contributed by atoms with E-state index >= 15 is 0 Å². The van der Waals surface area contributed by atoms with Crippen molar-refractivity contribution in [2.45, 2.75) is 39.7 Å². The van der Waals surface area contributed by atoms with Crippen molar-refractivity contribution in [3.05, 3.63) is 21.9 Å². The van der Waals surface area contributed by atoms with Crippen LogP contribution < -0.4 is 5.32 Å². The lowest BCUT2D eigenvalue weighted by Crippen LogP contribution is -2.42. The predicted molar refractivity (Wildman–Crippen MR) is 86.4 cm³/mol. The Morgan fingerprint density at radius 1 is 1.52 bits per heavy atom. The first-order valence-corrected chi connectivity index (χ1v) is 8.54. The van der Waals surface area contributed by atoms with Gasteiger partial charge >= 0.3 is 0 Å². The number of hydrogen-bond donors (Lipinski definition) is 2. The summed E-state index contributed by atoms with van der Waals surface area (Å²) in [4.78, 5) is 15.6. The maximum absolute atomic E-state index is 12.3. The van der Waals surface area contributed by atoms with Gasteiger partial charge in [0.2, 0.25) is 5.91 Å². The zero-order valence-electron chi connectivity index (χ0n) is 13.0. The van der Waals surface area contributed by atoms with Gasteiger partial charge in [0, 0.05) is 31.1 Å². The molecule has 1 aromatic rings. The minimum atomic E-state index is 0.117. The fourth-order valence-corrected chi connectivity index (χ4v) is 3.62. The SMILES string of the molecule is CC(C)(CCCO)CNCC(=O)N1CCc2sccc2C1. The van der Waals surface area contributed by atoms with E-state index in [4.69, 9.17) is 5.11 Å². The highest BCUT2D eigenvalue weighted by molar-refractivity contribution is 7.10. The van der Waals surface area contributed by atoms with Gasteiger partial charge in [-0.3, -0.25) is 4.79 Å². The Balaban J connectivity index is 1.73. The van der Waals surface area contributed by atoms with Crippen molar-refractivity contribution in [2.75, 3.05) is 26.2 Å². The Bertz CT molecular complexity index is 471. The number of rotatable bonds is 7. The first-order valence-electron chi connectivity index (χ1n) is 7.66. The van der Waals surface area contributed by atoms with Crippen molar-refractivity contribution in [1.82, 2.24) is 10.2 Å². The van der Waals surface area contributed by atoms with E-state index in [-0.39, 0.29) is 17.9 Å². The van der Waals surface area contributed by atoms with Gasteiger partial charge in [-0.2, -0.15) is 0 Å². The monoisotopic (exact) mass is 310 g/mol. The van der Waals surface area contributed by atoms with Gasteiger partial charge in [-0.05, 0) is 41.7 Å². The van der Waals surface area contributed by atoms with Crippen molar-refractivity contribution in [2.24, 2.45) is 5.41 Å². The summed E-state index contributed by atoms with van der Waals surface area (Å²) in [6.45, 7) is 7.37. The number of fused-ring (bicyclic) bond motifs is 1. The van der Waals surface area contributed by atoms with Crippen molar-refractivity contribution in [3.63, 3.8) is 0 Å². The van der Waals surface area contributed by atoms with Crippen LogP contribution >= 0.6 is 11.3 Å². The molecule has 0 spiro atoms. The molecule has 21 heavy (non-hydrogen) atoms. The zero-order chi connectivity index (χ0) is 15.3. The Kier molecular flexibility index (Phi) is 5.79. The second kappa shape index (κ2) is 7.38. The number of amides is 1. The largest absolute Gasteiger partial charge is 0.396 e. The van der Waals surface area contributed by atoms with Gasteiger partial charge in [-0.25, -0.2) is 0 Å². The maximum atomic E-state index is 12.3. The molecule has 1 amide bonds. The van der Waals surface area contributed by atoms with Crippen LogP contribution in [0.25, 0.3) is 0 Å². The topological polar surface area (TPSA) is 52.6 Å². The number of carbonyl (C=O) groups excluding carboxylic acids is 1. The molecule has 5 heteroatoms. The average Bonchev–Trinajstić information content (AvgIpc) is 2.92. The van der Waals surface area contributed by atoms with Crippen molar-refractivity contribution >= 4 is 17.2 Å². The normalized spacial score (nSPS) is 15.1. The highest BCUT2D eigenvalue weighted by atomic mass is 32.1. The van der Waals surface area contributed by atoms with Gasteiger partial charge in [0.15, 0.2) is 0 Å². The third kappa shape index (κ3) is 4.80. The maximum Gasteiger partial charge on any atom is 0.236 e. The predicted octanol–water partition coefficient (Wildman–Crippen LogP) is 2.02. The van der Waals surface area contributed by atoms with E-state index in [1.54, 1.807) is 11.3 Å². The highest BCUT2D eigenvalue weighted by Gasteiger charge is 2.22. The summed E-state index contributed by atoms with van der Waals surface area (Å²) in [7, 11) is 0. The molecule has 2 heterocycles. The van der Waals surface area contributed by atoms with Crippen LogP contribution in [0.1, 0.15) is 37.1 Å². The van der Waals surface area contributed by atoms with E-state index < -0.39 is 0 Å². The van der Waals surface area contributed by atoms with Crippen LogP contribution in [-0.2, 0) is 17.8 Å². The number of thiophene rings is 1. The lowest BCUT2D eigenvalue weighted by molar-refractivity contribution is -0.131. The van der Waals surface area contributed by atoms with E-state index in [2.05, 4.69) is 30.6 Å². The van der Waals surface area contributed by atoms with Gasteiger partial charge in [-0.1, -0.05) is 13.8 Å². The molecule has 0 fully saturated rings. The van der Waals surface area contributed by atoms with Crippen molar-refractivity contribution < 1.29 is 9.90 Å². The molecule has 1 aliphatic rings. The molecule has 0 aliphatic carbocycles. The van der Waals surface area contributed by atoms with Gasteiger partial charge in [-0.15, -0.1) is 11.3 Å². The van der Waals surface area contributed by atoms with Crippen molar-refractivity contribution in [1.29, 1.82) is 0 Å². The number of carbonyl (C=O) groups is 1. The van der Waals surface area contributed by atoms with Crippen LogP contribution in [0.2, 0.25) is 0 Å². The summed E-state index contributed by atoms with van der Waals surface area (Å²) < 4.78 is 0. The number of hydrogen-bond acceptors (Lipinski definition) is 4. The van der Waals surface area contributed by atoms with Gasteiger partial charge in [0.1, 0.15) is 0 Å². The molecular formula is C16H26N2O2S. The summed E-state index contributed by atoms with van der Waals surface area (Å²) in [6, 6.07) is 2.13. The molecule has 1 aliphatic heterocycles. The van der Waals surface area contributed by atoms with E-state index in [0.717, 1.165) is 38.9 Å². The molecule has 0 atom stereocenters. The standard InChI is InChI=1S/C16H26N2O2S/c1-16(2,6-3-8-19)12-17-10-15(20)18-7-4-14-13(11-18)5-9-21-14/h5,9,17,19H,3-4,6-8,10-12H2,1-2H3. The van der Waals surface area contributed by atoms with Crippen LogP contribution in [0, 0.1) is 5.41 Å². The molecular weight excluding hydrogens is 284 g/mol. The summed E-state index contributed by atoms with van der Waals surface area (Å²) in [5.74, 6) is 0.185. The number of nitrogens with zero attached hydrogens (tertiary/aromatic N) is 1. The molecule has 118 valence electrons. The van der Waals surface area contributed by atoms with Crippen LogP contribution in [-0.4, -0.2) is 42.2 Å². The minimum absolute atomic E-state index is 0.117. The van der Waals surface area contributed by atoms with Crippen LogP contribution in [0.5, 0.6) is 0 Å². The zero-order valence-corrected chi connectivity index (χ0v) is 13.8. The quantitative estimate of drug-likeness (QED) is 0.810. The first-order chi connectivity index (χ1) is 10.0. The number of aliphatic hydroxyl groups excluding tert-OH is 1. The Morgan fingerprint density at radius 2 is 2.33 bits per heavy atom. The van der Waals surface area contributed by atoms with Gasteiger partial charge in [0.05, 0.1) is 6.54 Å². The van der Waals surface area contributed by atoms with E-state index in [1.807, 2.05) is 4.90 Å². The number of nitrogens with one attached hydrogen (secondary N) is 1. The third-order valence-corrected chi connectivity index (χ3v) is 5.07. The fourth-order valence-electron chi connectivity index (χ4n) is 2.73. The molecule has 0 unspecified atom stereocenters. The molecule has 0 saturated carbocycles. The second-order valence-electron chi connectivity index (χ2n) is 6.53. The lowest BCUT2D eigenvalue weighted by atomic mass is 9.88. The minimum Gasteiger partial charge on any atom is -0.396 e. The summed E-state index contributed by atoms with van der Waals surface area (Å²) in [5.41, 5.74) is 1.42. The molecule has 4 nitrogen and oxygen atoms in total. The summed E-state index contributed by atoms with van der Waals surface area (Å²) in [5, 5.41) is 14.3. The van der Waals surface area contributed by atoms with Gasteiger partial charge in [0.25, 0.3) is 0 Å². The summed E-state index contributed by atoms with van der Waals surface area (Å²) >= 11 is 1.79. The smallest absolute Gasteiger partial charge is 0.236 e. The van der Waals surface area contributed by atoms with Gasteiger partial charge < -0.3 is 15.3 Å². The molecule has 0 bridgehead atoms. The molecule has 0 aromatic carbocycles. The fraction of sp³-hybridized carbons (Fsp3) is 0.688. The second-order valence-corrected chi connectivity index (χ2v) is 7.53. The third-order valence-electron chi connectivity index (χ3n) is 4.05. The Morgan fingerprint density at radius 3 is 3.10 bits per heavy atom.